The second kappa shape index (κ2) is 14.3. The predicted molar refractivity (Wildman–Crippen MR) is 185 cm³/mol. The Hall–Kier alpha value is -2.88. The molecular formula is C36H44BrN3O4S. The monoisotopic (exact) mass is 693 g/mol. The summed E-state index contributed by atoms with van der Waals surface area (Å²) in [5.74, 6) is -1.46. The van der Waals surface area contributed by atoms with Crippen LogP contribution in [-0.4, -0.2) is 79.7 Å². The Bertz CT molecular complexity index is 1420. The molecule has 0 aliphatic carbocycles. The van der Waals surface area contributed by atoms with E-state index in [2.05, 4.69) is 29.1 Å². The van der Waals surface area contributed by atoms with Crippen molar-refractivity contribution >= 4 is 51.1 Å². The van der Waals surface area contributed by atoms with Crippen LogP contribution in [0.15, 0.2) is 73.8 Å². The molecule has 3 fully saturated rings. The van der Waals surface area contributed by atoms with Gasteiger partial charge in [0.1, 0.15) is 6.04 Å². The molecule has 2 aromatic rings. The number of alkyl halides is 1. The van der Waals surface area contributed by atoms with Crippen molar-refractivity contribution in [1.29, 1.82) is 0 Å². The van der Waals surface area contributed by atoms with Crippen LogP contribution in [0.5, 0.6) is 0 Å². The van der Waals surface area contributed by atoms with Crippen molar-refractivity contribution in [2.45, 2.75) is 66.9 Å². The lowest BCUT2D eigenvalue weighted by Crippen LogP contribution is -2.56. The van der Waals surface area contributed by atoms with Crippen LogP contribution in [0, 0.1) is 25.7 Å². The maximum atomic E-state index is 15.0. The number of nitrogens with zero attached hydrogens (tertiary/aromatic N) is 3. The van der Waals surface area contributed by atoms with E-state index in [9.17, 15) is 19.5 Å². The van der Waals surface area contributed by atoms with Crippen molar-refractivity contribution in [2.24, 2.45) is 11.8 Å². The molecule has 1 N–H and O–H groups in total. The molecule has 3 amide bonds. The summed E-state index contributed by atoms with van der Waals surface area (Å²) in [7, 11) is 0. The van der Waals surface area contributed by atoms with Gasteiger partial charge in [0.05, 0.1) is 16.6 Å². The number of likely N-dealkylation sites (tertiary alicyclic amines) is 1. The minimum absolute atomic E-state index is 0.0134. The number of aliphatic hydroxyl groups excluding tert-OH is 1. The average Bonchev–Trinajstić information content (AvgIpc) is 3.61. The van der Waals surface area contributed by atoms with Gasteiger partial charge in [-0.3, -0.25) is 14.4 Å². The molecule has 240 valence electrons. The normalized spacial score (nSPS) is 26.5. The number of hydrogen-bond donors (Lipinski definition) is 1. The number of carbonyl (C=O) groups excluding carboxylic acids is 3. The molecule has 0 radical (unpaired) electrons. The highest BCUT2D eigenvalue weighted by Gasteiger charge is 2.76. The molecule has 6 atom stereocenters. The fraction of sp³-hybridized carbons (Fsp3) is 0.472. The van der Waals surface area contributed by atoms with Gasteiger partial charge in [0.15, 0.2) is 0 Å². The first-order valence-electron chi connectivity index (χ1n) is 15.9. The molecule has 0 aromatic heterocycles. The minimum atomic E-state index is -0.743. The third-order valence-electron chi connectivity index (χ3n) is 9.53. The molecule has 0 saturated carbocycles. The van der Waals surface area contributed by atoms with Crippen molar-refractivity contribution in [3.05, 3.63) is 90.5 Å². The molecular weight excluding hydrogens is 650 g/mol. The fourth-order valence-corrected chi connectivity index (χ4v) is 11.3. The highest BCUT2D eigenvalue weighted by molar-refractivity contribution is 9.09. The summed E-state index contributed by atoms with van der Waals surface area (Å²) >= 11 is 5.57. The third kappa shape index (κ3) is 6.15. The van der Waals surface area contributed by atoms with Crippen LogP contribution in [0.25, 0.3) is 0 Å². The number of anilines is 1. The fourth-order valence-electron chi connectivity index (χ4n) is 7.70. The van der Waals surface area contributed by atoms with E-state index in [0.717, 1.165) is 28.8 Å². The summed E-state index contributed by atoms with van der Waals surface area (Å²) < 4.78 is -0.743. The van der Waals surface area contributed by atoms with E-state index in [-0.39, 0.29) is 34.4 Å². The van der Waals surface area contributed by atoms with Gasteiger partial charge in [-0.25, -0.2) is 0 Å². The third-order valence-corrected chi connectivity index (χ3v) is 12.7. The molecule has 3 unspecified atom stereocenters. The summed E-state index contributed by atoms with van der Waals surface area (Å²) in [6.45, 7) is 13.5. The molecule has 2 aromatic carbocycles. The molecule has 1 spiro atoms. The van der Waals surface area contributed by atoms with Crippen LogP contribution >= 0.6 is 27.7 Å². The van der Waals surface area contributed by atoms with Gasteiger partial charge >= 0.3 is 0 Å². The Morgan fingerprint density at radius 3 is 2.36 bits per heavy atom. The summed E-state index contributed by atoms with van der Waals surface area (Å²) in [5.41, 5.74) is 3.82. The lowest BCUT2D eigenvalue weighted by molar-refractivity contribution is -0.144. The van der Waals surface area contributed by atoms with Crippen LogP contribution in [0.1, 0.15) is 42.4 Å². The summed E-state index contributed by atoms with van der Waals surface area (Å²) in [6, 6.07) is 15.1. The molecule has 3 aliphatic heterocycles. The Morgan fingerprint density at radius 1 is 1.02 bits per heavy atom. The quantitative estimate of drug-likeness (QED) is 0.157. The predicted octanol–water partition coefficient (Wildman–Crippen LogP) is 5.66. The number of benzene rings is 2. The minimum Gasteiger partial charge on any atom is -0.396 e. The summed E-state index contributed by atoms with van der Waals surface area (Å²) in [4.78, 5) is 49.5. The largest absolute Gasteiger partial charge is 0.396 e. The Morgan fingerprint density at radius 2 is 1.71 bits per heavy atom. The van der Waals surface area contributed by atoms with Crippen LogP contribution in [0.2, 0.25) is 0 Å². The van der Waals surface area contributed by atoms with E-state index >= 15 is 0 Å². The topological polar surface area (TPSA) is 81.2 Å². The van der Waals surface area contributed by atoms with Crippen LogP contribution < -0.4 is 4.90 Å². The number of thioether (sulfide) groups is 1. The number of carbonyl (C=O) groups is 3. The van der Waals surface area contributed by atoms with Gasteiger partial charge in [0.25, 0.3) is 5.91 Å². The molecule has 9 heteroatoms. The Kier molecular flexibility index (Phi) is 10.6. The lowest BCUT2D eigenvalue weighted by Gasteiger charge is -2.39. The second-order valence-electron chi connectivity index (χ2n) is 12.5. The van der Waals surface area contributed by atoms with E-state index in [1.807, 2.05) is 62.4 Å². The van der Waals surface area contributed by atoms with Crippen LogP contribution in [-0.2, 0) is 20.9 Å². The summed E-state index contributed by atoms with van der Waals surface area (Å²) in [6.07, 6.45) is 6.15. The van der Waals surface area contributed by atoms with Gasteiger partial charge in [-0.05, 0) is 56.2 Å². The zero-order valence-electron chi connectivity index (χ0n) is 26.2. The van der Waals surface area contributed by atoms with Gasteiger partial charge in [0.2, 0.25) is 11.8 Å². The number of aryl methyl sites for hydroxylation is 2. The number of para-hydroxylation sites is 1. The number of halogens is 1. The molecule has 3 saturated heterocycles. The van der Waals surface area contributed by atoms with E-state index in [0.29, 0.717) is 45.4 Å². The highest BCUT2D eigenvalue weighted by atomic mass is 79.9. The van der Waals surface area contributed by atoms with Gasteiger partial charge < -0.3 is 19.8 Å². The van der Waals surface area contributed by atoms with Crippen LogP contribution in [0.3, 0.4) is 0 Å². The maximum Gasteiger partial charge on any atom is 0.251 e. The van der Waals surface area contributed by atoms with Crippen molar-refractivity contribution in [1.82, 2.24) is 9.80 Å². The number of amides is 3. The zero-order chi connectivity index (χ0) is 32.3. The molecule has 45 heavy (non-hydrogen) atoms. The first kappa shape index (κ1) is 33.5. The van der Waals surface area contributed by atoms with Crippen molar-refractivity contribution in [3.63, 3.8) is 0 Å². The van der Waals surface area contributed by atoms with Crippen molar-refractivity contribution in [3.8, 4) is 0 Å². The first-order valence-corrected chi connectivity index (χ1v) is 17.6. The molecule has 5 rings (SSSR count). The van der Waals surface area contributed by atoms with E-state index in [4.69, 9.17) is 0 Å². The molecule has 2 bridgehead atoms. The zero-order valence-corrected chi connectivity index (χ0v) is 28.6. The highest BCUT2D eigenvalue weighted by Crippen LogP contribution is 2.68. The second-order valence-corrected chi connectivity index (χ2v) is 15.2. The standard InChI is InChI=1S/C36H44BrN3O4S/c1-5-18-38(23-26-16-9-7-10-17-26)33(42)28-29-34(43)40(20-11-8-12-21-41)32(36(29)22-27(37)31(28)45-36)35(44)39(19-6-2)30-24(3)14-13-15-25(30)4/h5-7,9-10,13-17,27-29,31-32,41H,1-2,8,11-12,18-23H2,3-4H3/t27?,28-,29+,31-,32?,36?/m1/s1. The van der Waals surface area contributed by atoms with Crippen LogP contribution in [0.4, 0.5) is 5.69 Å². The number of fused-ring (bicyclic) bond motifs is 1. The van der Waals surface area contributed by atoms with Gasteiger partial charge in [-0.2, -0.15) is 0 Å². The van der Waals surface area contributed by atoms with Crippen molar-refractivity contribution < 1.29 is 19.5 Å². The smallest absolute Gasteiger partial charge is 0.251 e. The summed E-state index contributed by atoms with van der Waals surface area (Å²) in [5, 5.41) is 9.26. The van der Waals surface area contributed by atoms with E-state index in [1.54, 1.807) is 38.6 Å². The molecule has 3 aliphatic rings. The lowest BCUT2D eigenvalue weighted by atomic mass is 9.70. The van der Waals surface area contributed by atoms with Crippen molar-refractivity contribution in [2.75, 3.05) is 31.1 Å². The Balaban J connectivity index is 1.56. The van der Waals surface area contributed by atoms with E-state index < -0.39 is 22.6 Å². The number of rotatable bonds is 14. The van der Waals surface area contributed by atoms with Gasteiger partial charge in [-0.1, -0.05) is 76.6 Å². The van der Waals surface area contributed by atoms with Gasteiger partial charge in [-0.15, -0.1) is 24.9 Å². The van der Waals surface area contributed by atoms with Gasteiger partial charge in [0, 0.05) is 48.6 Å². The number of aliphatic hydroxyl groups is 1. The molecule has 7 nitrogen and oxygen atoms in total. The number of unbranched alkanes of at least 4 members (excludes halogenated alkanes) is 2. The van der Waals surface area contributed by atoms with E-state index in [1.165, 1.54) is 0 Å². The Labute approximate surface area is 279 Å². The maximum absolute atomic E-state index is 15.0. The number of hydrogen-bond acceptors (Lipinski definition) is 5. The first-order chi connectivity index (χ1) is 21.7. The SMILES string of the molecule is C=CCN(Cc1ccccc1)C(=O)[C@H]1[C@@H]2SC3(CC2Br)C(C(=O)N(CC=C)c2c(C)cccc2C)N(CCCCCO)C(=O)[C@H]13. The average molecular weight is 695 g/mol. The molecule has 3 heterocycles.